The van der Waals surface area contributed by atoms with Crippen molar-refractivity contribution in [1.29, 1.82) is 0 Å². The van der Waals surface area contributed by atoms with Crippen LogP contribution in [-0.2, 0) is 19.5 Å². The van der Waals surface area contributed by atoms with Crippen LogP contribution in [0.5, 0.6) is 0 Å². The van der Waals surface area contributed by atoms with Crippen molar-refractivity contribution in [3.05, 3.63) is 57.6 Å². The number of nitrogens with one attached hydrogen (secondary N) is 2. The Hall–Kier alpha value is -3.71. The van der Waals surface area contributed by atoms with Crippen LogP contribution >= 0.6 is 0 Å². The van der Waals surface area contributed by atoms with Gasteiger partial charge in [-0.1, -0.05) is 0 Å². The summed E-state index contributed by atoms with van der Waals surface area (Å²) in [6.45, 7) is 2.39. The molecule has 1 heterocycles. The highest BCUT2D eigenvalue weighted by molar-refractivity contribution is 7.92. The van der Waals surface area contributed by atoms with E-state index in [-0.39, 0.29) is 27.4 Å². The number of sulfonamides is 1. The first kappa shape index (κ1) is 23.9. The Kier molecular flexibility index (Phi) is 7.13. The third-order valence-electron chi connectivity index (χ3n) is 4.94. The van der Waals surface area contributed by atoms with Crippen molar-refractivity contribution in [2.45, 2.75) is 4.90 Å². The number of benzene rings is 2. The maximum absolute atomic E-state index is 13.0. The van der Waals surface area contributed by atoms with Crippen molar-refractivity contribution < 1.29 is 32.4 Å². The van der Waals surface area contributed by atoms with Crippen LogP contribution in [0, 0.1) is 10.1 Å². The number of carbonyl (C=O) groups excluding carboxylic acids is 2. The molecule has 1 aliphatic rings. The molecule has 0 saturated carbocycles. The van der Waals surface area contributed by atoms with Crippen molar-refractivity contribution in [2.24, 2.45) is 0 Å². The van der Waals surface area contributed by atoms with Crippen LogP contribution in [0.3, 0.4) is 0 Å². The standard InChI is InChI=1S/C20H22N4O8S/c1-31-19(25)13-9-14(20(26)32-2)11-15(10-13)22-33(29,30)16-3-4-17(18(12-16)24(27)28)23-7-5-21-6-8-23/h3-4,9-12,21-22H,5-8H2,1-2H3. The number of methoxy groups -OCH3 is 2. The van der Waals surface area contributed by atoms with E-state index in [2.05, 4.69) is 19.5 Å². The number of esters is 2. The van der Waals surface area contributed by atoms with Crippen LogP contribution in [0.4, 0.5) is 17.1 Å². The van der Waals surface area contributed by atoms with E-state index >= 15 is 0 Å². The zero-order valence-corrected chi connectivity index (χ0v) is 18.7. The Bertz CT molecular complexity index is 1160. The minimum Gasteiger partial charge on any atom is -0.465 e. The molecule has 13 heteroatoms. The lowest BCUT2D eigenvalue weighted by molar-refractivity contribution is -0.384. The number of hydrogen-bond acceptors (Lipinski definition) is 10. The minimum absolute atomic E-state index is 0.0851. The van der Waals surface area contributed by atoms with E-state index in [1.807, 2.05) is 0 Å². The van der Waals surface area contributed by atoms with Gasteiger partial charge in [0.25, 0.3) is 15.7 Å². The van der Waals surface area contributed by atoms with E-state index in [1.54, 1.807) is 4.90 Å². The van der Waals surface area contributed by atoms with Gasteiger partial charge in [-0.25, -0.2) is 18.0 Å². The molecular formula is C20H22N4O8S. The van der Waals surface area contributed by atoms with Crippen LogP contribution in [0.25, 0.3) is 0 Å². The van der Waals surface area contributed by atoms with E-state index in [0.29, 0.717) is 31.9 Å². The van der Waals surface area contributed by atoms with E-state index in [1.165, 1.54) is 30.3 Å². The fourth-order valence-corrected chi connectivity index (χ4v) is 4.42. The van der Waals surface area contributed by atoms with Gasteiger partial charge in [0, 0.05) is 32.2 Å². The van der Waals surface area contributed by atoms with Crippen molar-refractivity contribution in [2.75, 3.05) is 50.0 Å². The molecule has 1 aliphatic heterocycles. The van der Waals surface area contributed by atoms with Gasteiger partial charge in [-0.05, 0) is 30.3 Å². The predicted octanol–water partition coefficient (Wildman–Crippen LogP) is 1.38. The minimum atomic E-state index is -4.30. The summed E-state index contributed by atoms with van der Waals surface area (Å²) in [5, 5.41) is 14.8. The lowest BCUT2D eigenvalue weighted by Gasteiger charge is -2.29. The summed E-state index contributed by atoms with van der Waals surface area (Å²) in [4.78, 5) is 36.3. The summed E-state index contributed by atoms with van der Waals surface area (Å²) >= 11 is 0. The van der Waals surface area contributed by atoms with Gasteiger partial charge in [0.15, 0.2) is 0 Å². The second-order valence-corrected chi connectivity index (χ2v) is 8.71. The molecule has 1 fully saturated rings. The number of nitrogens with zero attached hydrogens (tertiary/aromatic N) is 2. The molecular weight excluding hydrogens is 456 g/mol. The SMILES string of the molecule is COC(=O)c1cc(NS(=O)(=O)c2ccc(N3CCNCC3)c([N+](=O)[O-])c2)cc(C(=O)OC)c1. The predicted molar refractivity (Wildman–Crippen MR) is 118 cm³/mol. The zero-order valence-electron chi connectivity index (χ0n) is 17.9. The number of rotatable bonds is 7. The maximum Gasteiger partial charge on any atom is 0.337 e. The first-order valence-corrected chi connectivity index (χ1v) is 11.2. The molecule has 1 saturated heterocycles. The quantitative estimate of drug-likeness (QED) is 0.338. The van der Waals surface area contributed by atoms with Gasteiger partial charge in [-0.2, -0.15) is 0 Å². The van der Waals surface area contributed by atoms with E-state index in [4.69, 9.17) is 0 Å². The van der Waals surface area contributed by atoms with E-state index in [9.17, 15) is 28.1 Å². The highest BCUT2D eigenvalue weighted by atomic mass is 32.2. The second kappa shape index (κ2) is 9.83. The molecule has 0 unspecified atom stereocenters. The van der Waals surface area contributed by atoms with Crippen LogP contribution in [-0.4, -0.2) is 65.7 Å². The van der Waals surface area contributed by atoms with Crippen molar-refractivity contribution in [1.82, 2.24) is 5.32 Å². The molecule has 12 nitrogen and oxygen atoms in total. The van der Waals surface area contributed by atoms with E-state index in [0.717, 1.165) is 20.3 Å². The summed E-state index contributed by atoms with van der Waals surface area (Å²) < 4.78 is 37.5. The van der Waals surface area contributed by atoms with Gasteiger partial charge in [0.1, 0.15) is 5.69 Å². The third-order valence-corrected chi connectivity index (χ3v) is 6.32. The number of carbonyl (C=O) groups is 2. The molecule has 3 rings (SSSR count). The summed E-state index contributed by atoms with van der Waals surface area (Å²) in [6, 6.07) is 7.19. The highest BCUT2D eigenvalue weighted by Crippen LogP contribution is 2.32. The van der Waals surface area contributed by atoms with Gasteiger partial charge in [0.2, 0.25) is 0 Å². The molecule has 2 aromatic carbocycles. The normalized spacial score (nSPS) is 13.8. The smallest absolute Gasteiger partial charge is 0.337 e. The Morgan fingerprint density at radius 3 is 2.12 bits per heavy atom. The summed E-state index contributed by atoms with van der Waals surface area (Å²) in [7, 11) is -2.03. The fourth-order valence-electron chi connectivity index (χ4n) is 3.36. The molecule has 0 aromatic heterocycles. The Labute approximate surface area is 189 Å². The van der Waals surface area contributed by atoms with E-state index < -0.39 is 26.9 Å². The number of nitro groups is 1. The average Bonchev–Trinajstić information content (AvgIpc) is 2.82. The molecule has 0 atom stereocenters. The number of piperazine rings is 1. The maximum atomic E-state index is 13.0. The highest BCUT2D eigenvalue weighted by Gasteiger charge is 2.26. The lowest BCUT2D eigenvalue weighted by atomic mass is 10.1. The molecule has 0 bridgehead atoms. The first-order chi connectivity index (χ1) is 15.7. The largest absolute Gasteiger partial charge is 0.465 e. The summed E-state index contributed by atoms with van der Waals surface area (Å²) in [6.07, 6.45) is 0. The topological polar surface area (TPSA) is 157 Å². The molecule has 33 heavy (non-hydrogen) atoms. The molecule has 0 amide bonds. The van der Waals surface area contributed by atoms with Gasteiger partial charge < -0.3 is 19.7 Å². The van der Waals surface area contributed by atoms with Crippen LogP contribution in [0.15, 0.2) is 41.3 Å². The molecule has 0 radical (unpaired) electrons. The Balaban J connectivity index is 1.99. The second-order valence-electron chi connectivity index (χ2n) is 7.03. The number of nitro benzene ring substituents is 1. The van der Waals surface area contributed by atoms with Gasteiger partial charge >= 0.3 is 11.9 Å². The number of hydrogen-bond donors (Lipinski definition) is 2. The van der Waals surface area contributed by atoms with Gasteiger partial charge in [0.05, 0.1) is 40.9 Å². The van der Waals surface area contributed by atoms with Gasteiger partial charge in [-0.15, -0.1) is 0 Å². The summed E-state index contributed by atoms with van der Waals surface area (Å²) in [5.74, 6) is -1.59. The van der Waals surface area contributed by atoms with Crippen LogP contribution < -0.4 is 14.9 Å². The summed E-state index contributed by atoms with van der Waals surface area (Å²) in [5.41, 5.74) is -0.317. The molecule has 0 aliphatic carbocycles. The molecule has 176 valence electrons. The average molecular weight is 478 g/mol. The third kappa shape index (κ3) is 5.38. The van der Waals surface area contributed by atoms with Crippen molar-refractivity contribution in [3.63, 3.8) is 0 Å². The molecule has 2 aromatic rings. The van der Waals surface area contributed by atoms with Crippen molar-refractivity contribution >= 4 is 39.0 Å². The first-order valence-electron chi connectivity index (χ1n) is 9.75. The Morgan fingerprint density at radius 2 is 1.61 bits per heavy atom. The van der Waals surface area contributed by atoms with Crippen LogP contribution in [0.2, 0.25) is 0 Å². The molecule has 0 spiro atoms. The van der Waals surface area contributed by atoms with Crippen molar-refractivity contribution in [3.8, 4) is 0 Å². The lowest BCUT2D eigenvalue weighted by Crippen LogP contribution is -2.43. The molecule has 2 N–H and O–H groups in total. The monoisotopic (exact) mass is 478 g/mol. The zero-order chi connectivity index (χ0) is 24.2. The number of ether oxygens (including phenoxy) is 2. The van der Waals surface area contributed by atoms with Crippen LogP contribution in [0.1, 0.15) is 20.7 Å². The fraction of sp³-hybridized carbons (Fsp3) is 0.300. The Morgan fingerprint density at radius 1 is 1.03 bits per heavy atom. The van der Waals surface area contributed by atoms with Gasteiger partial charge in [-0.3, -0.25) is 14.8 Å². The number of anilines is 2.